The lowest BCUT2D eigenvalue weighted by molar-refractivity contribution is -0.132. The predicted molar refractivity (Wildman–Crippen MR) is 150 cm³/mol. The molecule has 6 heteroatoms. The van der Waals surface area contributed by atoms with Crippen LogP contribution in [0.1, 0.15) is 74.1 Å². The molecular weight excluding hydrogens is 468 g/mol. The summed E-state index contributed by atoms with van der Waals surface area (Å²) >= 11 is 0. The van der Waals surface area contributed by atoms with Crippen molar-refractivity contribution < 1.29 is 23.4 Å². The molecule has 2 aromatic rings. The molecule has 0 amide bonds. The van der Waals surface area contributed by atoms with E-state index in [4.69, 9.17) is 18.6 Å². The van der Waals surface area contributed by atoms with E-state index in [2.05, 4.69) is 46.8 Å². The van der Waals surface area contributed by atoms with Crippen LogP contribution in [0.15, 0.2) is 74.0 Å². The van der Waals surface area contributed by atoms with Crippen LogP contribution in [0.3, 0.4) is 0 Å². The molecule has 0 bridgehead atoms. The first-order valence-electron chi connectivity index (χ1n) is 12.7. The lowest BCUT2D eigenvalue weighted by atomic mass is 10.1. The molecule has 0 atom stereocenters. The van der Waals surface area contributed by atoms with Crippen LogP contribution in [-0.4, -0.2) is 19.2 Å². The molecule has 0 unspecified atom stereocenters. The van der Waals surface area contributed by atoms with Gasteiger partial charge in [-0.05, 0) is 91.5 Å². The smallest absolute Gasteiger partial charge is 0.383 e. The highest BCUT2D eigenvalue weighted by Gasteiger charge is 2.20. The zero-order valence-corrected chi connectivity index (χ0v) is 23.2. The van der Waals surface area contributed by atoms with Crippen LogP contribution in [0.2, 0.25) is 0 Å². The van der Waals surface area contributed by atoms with Gasteiger partial charge in [-0.2, -0.15) is 0 Å². The molecule has 0 aliphatic heterocycles. The molecule has 1 heterocycles. The number of hydrogen-bond donors (Lipinski definition) is 0. The predicted octanol–water partition coefficient (Wildman–Crippen LogP) is 7.86. The second-order valence-electron chi connectivity index (χ2n) is 9.66. The quantitative estimate of drug-likeness (QED) is 0.156. The molecule has 200 valence electrons. The third-order valence-electron chi connectivity index (χ3n) is 5.56. The fourth-order valence-corrected chi connectivity index (χ4v) is 3.53. The molecule has 0 N–H and O–H groups in total. The fourth-order valence-electron chi connectivity index (χ4n) is 3.53. The van der Waals surface area contributed by atoms with E-state index in [-0.39, 0.29) is 18.1 Å². The second-order valence-corrected chi connectivity index (χ2v) is 9.66. The Kier molecular flexibility index (Phi) is 11.9. The van der Waals surface area contributed by atoms with Gasteiger partial charge in [0.25, 0.3) is 5.75 Å². The first-order valence-corrected chi connectivity index (χ1v) is 12.7. The monoisotopic (exact) mass is 508 g/mol. The minimum absolute atomic E-state index is 0.177. The van der Waals surface area contributed by atoms with Crippen LogP contribution in [0, 0.1) is 0 Å². The van der Waals surface area contributed by atoms with Crippen molar-refractivity contribution in [2.45, 2.75) is 74.1 Å². The number of hydrogen-bond acceptors (Lipinski definition) is 6. The molecule has 0 spiro atoms. The summed E-state index contributed by atoms with van der Waals surface area (Å²) in [6.07, 6.45) is 12.3. The summed E-state index contributed by atoms with van der Waals surface area (Å²) in [6.45, 7) is 14.3. The van der Waals surface area contributed by atoms with Gasteiger partial charge in [0, 0.05) is 13.0 Å². The van der Waals surface area contributed by atoms with Crippen molar-refractivity contribution in [1.82, 2.24) is 0 Å². The first kappa shape index (κ1) is 29.7. The molecule has 0 aliphatic rings. The van der Waals surface area contributed by atoms with Gasteiger partial charge in [0.2, 0.25) is 0 Å². The van der Waals surface area contributed by atoms with Crippen LogP contribution in [0.4, 0.5) is 0 Å². The van der Waals surface area contributed by atoms with Gasteiger partial charge >= 0.3 is 11.6 Å². The molecule has 37 heavy (non-hydrogen) atoms. The van der Waals surface area contributed by atoms with E-state index in [0.717, 1.165) is 25.7 Å². The first-order chi connectivity index (χ1) is 17.6. The molecule has 0 radical (unpaired) electrons. The van der Waals surface area contributed by atoms with Crippen LogP contribution in [0.25, 0.3) is 11.0 Å². The van der Waals surface area contributed by atoms with Gasteiger partial charge in [0.05, 0.1) is 5.39 Å². The van der Waals surface area contributed by atoms with Gasteiger partial charge in [-0.3, -0.25) is 4.79 Å². The summed E-state index contributed by atoms with van der Waals surface area (Å²) in [7, 11) is 0. The number of carbonyl (C=O) groups excluding carboxylic acids is 1. The van der Waals surface area contributed by atoms with E-state index >= 15 is 0 Å². The van der Waals surface area contributed by atoms with Crippen molar-refractivity contribution in [2.24, 2.45) is 0 Å². The fraction of sp³-hybridized carbons (Fsp3) is 0.419. The van der Waals surface area contributed by atoms with E-state index in [1.54, 1.807) is 18.2 Å². The summed E-state index contributed by atoms with van der Waals surface area (Å²) in [5, 5.41) is 0.521. The molecule has 1 aromatic carbocycles. The Bertz CT molecular complexity index is 1250. The van der Waals surface area contributed by atoms with Crippen molar-refractivity contribution in [1.29, 1.82) is 0 Å². The number of rotatable bonds is 13. The third kappa shape index (κ3) is 10.5. The van der Waals surface area contributed by atoms with Crippen LogP contribution in [-0.2, 0) is 4.79 Å². The largest absolute Gasteiger partial charge is 0.489 e. The van der Waals surface area contributed by atoms with Crippen LogP contribution < -0.4 is 19.8 Å². The van der Waals surface area contributed by atoms with Crippen LogP contribution >= 0.6 is 0 Å². The zero-order chi connectivity index (χ0) is 27.4. The van der Waals surface area contributed by atoms with Gasteiger partial charge in [0.1, 0.15) is 24.5 Å². The molecule has 0 saturated carbocycles. The van der Waals surface area contributed by atoms with Gasteiger partial charge in [0.15, 0.2) is 5.75 Å². The van der Waals surface area contributed by atoms with Crippen molar-refractivity contribution >= 4 is 16.9 Å². The Balaban J connectivity index is 2.22. The maximum atomic E-state index is 12.7. The lowest BCUT2D eigenvalue weighted by Gasteiger charge is -2.12. The van der Waals surface area contributed by atoms with Crippen molar-refractivity contribution in [3.05, 3.63) is 75.2 Å². The van der Waals surface area contributed by atoms with E-state index in [0.29, 0.717) is 23.3 Å². The summed E-state index contributed by atoms with van der Waals surface area (Å²) in [5.74, 6) is -0.141. The number of allylic oxidation sites excluding steroid dienone is 6. The topological polar surface area (TPSA) is 75.0 Å². The highest BCUT2D eigenvalue weighted by Crippen LogP contribution is 2.35. The van der Waals surface area contributed by atoms with Crippen molar-refractivity contribution in [2.75, 3.05) is 13.2 Å². The van der Waals surface area contributed by atoms with Gasteiger partial charge in [-0.25, -0.2) is 4.79 Å². The normalized spacial score (nSPS) is 11.8. The van der Waals surface area contributed by atoms with E-state index in [1.165, 1.54) is 29.2 Å². The number of carbonyl (C=O) groups is 1. The van der Waals surface area contributed by atoms with Crippen LogP contribution in [0.5, 0.6) is 17.2 Å². The number of benzene rings is 1. The second kappa shape index (κ2) is 14.9. The van der Waals surface area contributed by atoms with Crippen molar-refractivity contribution in [3.8, 4) is 17.2 Å². The Morgan fingerprint density at radius 3 is 1.89 bits per heavy atom. The molecular formula is C31H40O6. The standard InChI is InChI=1S/C31H40O6/c1-21(2)10-8-12-23(5)16-18-34-26-14-15-27-28(20-26)37-31(33)30(36-25(7)32)29(27)35-19-17-24(6)13-9-11-22(3)4/h10-11,14-17,20H,8-9,12-13,18-19H2,1-7H3/b23-16+,24-17+. The highest BCUT2D eigenvalue weighted by molar-refractivity contribution is 5.87. The van der Waals surface area contributed by atoms with Crippen molar-refractivity contribution in [3.63, 3.8) is 0 Å². The molecule has 0 fully saturated rings. The Hall–Kier alpha value is -3.54. The average molecular weight is 509 g/mol. The SMILES string of the molecule is CC(=O)Oc1c(OC/C=C(\C)CCC=C(C)C)c2ccc(OC/C=C(\C)CCC=C(C)C)cc2oc1=O. The molecule has 6 nitrogen and oxygen atoms in total. The molecule has 0 saturated heterocycles. The summed E-state index contributed by atoms with van der Waals surface area (Å²) in [4.78, 5) is 24.3. The molecule has 0 aliphatic carbocycles. The summed E-state index contributed by atoms with van der Waals surface area (Å²) < 4.78 is 22.4. The molecule has 1 aromatic heterocycles. The summed E-state index contributed by atoms with van der Waals surface area (Å²) in [6, 6.07) is 5.17. The van der Waals surface area contributed by atoms with E-state index in [1.807, 2.05) is 19.1 Å². The average Bonchev–Trinajstić information content (AvgIpc) is 2.80. The minimum atomic E-state index is -0.783. The highest BCUT2D eigenvalue weighted by atomic mass is 16.6. The Morgan fingerprint density at radius 2 is 1.35 bits per heavy atom. The Morgan fingerprint density at radius 1 is 0.784 bits per heavy atom. The third-order valence-corrected chi connectivity index (χ3v) is 5.56. The van der Waals surface area contributed by atoms with Gasteiger partial charge in [-0.1, -0.05) is 34.4 Å². The maximum Gasteiger partial charge on any atom is 0.383 e. The van der Waals surface area contributed by atoms with Gasteiger partial charge < -0.3 is 18.6 Å². The molecule has 2 rings (SSSR count). The zero-order valence-electron chi connectivity index (χ0n) is 23.2. The Labute approximate surface area is 220 Å². The van der Waals surface area contributed by atoms with Gasteiger partial charge in [-0.15, -0.1) is 0 Å². The number of fused-ring (bicyclic) bond motifs is 1. The minimum Gasteiger partial charge on any atom is -0.489 e. The number of ether oxygens (including phenoxy) is 3. The lowest BCUT2D eigenvalue weighted by Crippen LogP contribution is -2.13. The summed E-state index contributed by atoms with van der Waals surface area (Å²) in [5.41, 5.74) is 4.52. The maximum absolute atomic E-state index is 12.7. The van der Waals surface area contributed by atoms with E-state index < -0.39 is 11.6 Å². The van der Waals surface area contributed by atoms with E-state index in [9.17, 15) is 9.59 Å². The number of esters is 1.